The van der Waals surface area contributed by atoms with Gasteiger partial charge in [0.2, 0.25) is 6.08 Å². The van der Waals surface area contributed by atoms with Gasteiger partial charge in [0, 0.05) is 0 Å². The molecule has 0 fully saturated rings. The Hall–Kier alpha value is -1.14. The van der Waals surface area contributed by atoms with E-state index >= 15 is 0 Å². The standard InChI is InChI=1S/C5H9NO.C5H8/c1-2-3-4-6-5-7;1-4-5(2)3/h2-4H2,1H3;4H,1-2H2,3H3. The third kappa shape index (κ3) is 23.2. The highest BCUT2D eigenvalue weighted by atomic mass is 16.1. The fraction of sp³-hybridized carbons (Fsp3) is 0.500. The lowest BCUT2D eigenvalue weighted by Gasteiger charge is -1.80. The lowest BCUT2D eigenvalue weighted by molar-refractivity contribution is 0.562. The molecule has 2 nitrogen and oxygen atoms in total. The van der Waals surface area contributed by atoms with Crippen LogP contribution in [-0.4, -0.2) is 12.6 Å². The van der Waals surface area contributed by atoms with Crippen LogP contribution in [0.1, 0.15) is 26.7 Å². The normalized spacial score (nSPS) is 7.17. The van der Waals surface area contributed by atoms with Gasteiger partial charge in [-0.2, -0.15) is 0 Å². The number of aliphatic imine (C=N–C) groups is 1. The van der Waals surface area contributed by atoms with Gasteiger partial charge in [-0.3, -0.25) is 0 Å². The number of hydrogen-bond acceptors (Lipinski definition) is 2. The minimum absolute atomic E-state index is 0.639. The van der Waals surface area contributed by atoms with Crippen molar-refractivity contribution in [2.45, 2.75) is 26.7 Å². The van der Waals surface area contributed by atoms with Crippen molar-refractivity contribution < 1.29 is 4.79 Å². The molecular formula is C10H17NO. The molecule has 0 radical (unpaired) electrons. The van der Waals surface area contributed by atoms with Crippen molar-refractivity contribution in [3.63, 3.8) is 0 Å². The summed E-state index contributed by atoms with van der Waals surface area (Å²) in [6.07, 6.45) is 5.28. The maximum atomic E-state index is 9.39. The van der Waals surface area contributed by atoms with Gasteiger partial charge in [0.25, 0.3) is 0 Å². The van der Waals surface area contributed by atoms with E-state index in [2.05, 4.69) is 25.1 Å². The van der Waals surface area contributed by atoms with E-state index in [1.807, 2.05) is 6.92 Å². The van der Waals surface area contributed by atoms with Gasteiger partial charge >= 0.3 is 0 Å². The third-order valence-electron chi connectivity index (χ3n) is 1.04. The first kappa shape index (κ1) is 13.4. The van der Waals surface area contributed by atoms with E-state index in [9.17, 15) is 4.79 Å². The number of carbonyl (C=O) groups excluding carboxylic acids is 1. The van der Waals surface area contributed by atoms with Crippen LogP contribution in [0.25, 0.3) is 0 Å². The Bertz CT molecular complexity index is 167. The van der Waals surface area contributed by atoms with Crippen molar-refractivity contribution in [2.75, 3.05) is 6.54 Å². The number of isocyanates is 1. The molecule has 0 spiro atoms. The zero-order valence-corrected chi connectivity index (χ0v) is 7.97. The number of nitrogens with zero attached hydrogens (tertiary/aromatic N) is 1. The molecule has 0 atom stereocenters. The molecule has 0 aromatic rings. The van der Waals surface area contributed by atoms with E-state index in [-0.39, 0.29) is 0 Å². The highest BCUT2D eigenvalue weighted by Crippen LogP contribution is 1.83. The van der Waals surface area contributed by atoms with Crippen molar-refractivity contribution in [2.24, 2.45) is 4.99 Å². The highest BCUT2D eigenvalue weighted by Gasteiger charge is 1.74. The second-order valence-corrected chi connectivity index (χ2v) is 2.38. The molecule has 68 valence electrons. The van der Waals surface area contributed by atoms with Crippen LogP contribution in [0.5, 0.6) is 0 Å². The number of hydrogen-bond donors (Lipinski definition) is 0. The summed E-state index contributed by atoms with van der Waals surface area (Å²) in [6, 6.07) is 0. The monoisotopic (exact) mass is 167 g/mol. The van der Waals surface area contributed by atoms with E-state index in [4.69, 9.17) is 0 Å². The van der Waals surface area contributed by atoms with Gasteiger partial charge in [0.1, 0.15) is 0 Å². The van der Waals surface area contributed by atoms with Crippen LogP contribution in [-0.2, 0) is 4.79 Å². The predicted octanol–water partition coefficient (Wildman–Crippen LogP) is 2.87. The molecule has 0 bridgehead atoms. The van der Waals surface area contributed by atoms with Crippen LogP contribution in [0.3, 0.4) is 0 Å². The van der Waals surface area contributed by atoms with Gasteiger partial charge in [-0.05, 0) is 13.3 Å². The van der Waals surface area contributed by atoms with Gasteiger partial charge < -0.3 is 0 Å². The van der Waals surface area contributed by atoms with E-state index in [1.54, 1.807) is 6.08 Å². The van der Waals surface area contributed by atoms with Crippen molar-refractivity contribution in [1.82, 2.24) is 0 Å². The minimum atomic E-state index is 0.639. The molecule has 0 aromatic carbocycles. The van der Waals surface area contributed by atoms with Gasteiger partial charge in [-0.1, -0.05) is 38.2 Å². The van der Waals surface area contributed by atoms with E-state index in [0.717, 1.165) is 18.4 Å². The molecule has 0 aliphatic rings. The summed E-state index contributed by atoms with van der Waals surface area (Å²) in [5, 5.41) is 0. The SMILES string of the molecule is C=CC(=C)C.CCCCN=C=O. The second kappa shape index (κ2) is 12.5. The maximum absolute atomic E-state index is 9.39. The van der Waals surface area contributed by atoms with Crippen molar-refractivity contribution in [3.05, 3.63) is 24.8 Å². The summed E-state index contributed by atoms with van der Waals surface area (Å²) in [5.41, 5.74) is 1.02. The summed E-state index contributed by atoms with van der Waals surface area (Å²) in [7, 11) is 0. The van der Waals surface area contributed by atoms with E-state index < -0.39 is 0 Å². The van der Waals surface area contributed by atoms with E-state index in [1.165, 1.54) is 6.08 Å². The van der Waals surface area contributed by atoms with Crippen LogP contribution in [0, 0.1) is 0 Å². The smallest absolute Gasteiger partial charge is 0.211 e. The Morgan fingerprint density at radius 1 is 1.67 bits per heavy atom. The third-order valence-corrected chi connectivity index (χ3v) is 1.04. The zero-order chi connectivity index (χ0) is 9.82. The molecule has 0 N–H and O–H groups in total. The quantitative estimate of drug-likeness (QED) is 0.274. The topological polar surface area (TPSA) is 29.4 Å². The van der Waals surface area contributed by atoms with E-state index in [0.29, 0.717) is 6.54 Å². The molecule has 12 heavy (non-hydrogen) atoms. The molecule has 2 heteroatoms. The van der Waals surface area contributed by atoms with Crippen molar-refractivity contribution in [1.29, 1.82) is 0 Å². The second-order valence-electron chi connectivity index (χ2n) is 2.38. The van der Waals surface area contributed by atoms with Crippen LogP contribution in [0.4, 0.5) is 0 Å². The Labute approximate surface area is 74.7 Å². The van der Waals surface area contributed by atoms with Crippen LogP contribution < -0.4 is 0 Å². The molecule has 0 heterocycles. The largest absolute Gasteiger partial charge is 0.234 e. The van der Waals surface area contributed by atoms with Crippen molar-refractivity contribution in [3.8, 4) is 0 Å². The number of rotatable bonds is 4. The summed E-state index contributed by atoms with van der Waals surface area (Å²) in [6.45, 7) is 11.6. The molecule has 0 saturated heterocycles. The molecule has 0 rings (SSSR count). The molecule has 0 aliphatic heterocycles. The van der Waals surface area contributed by atoms with Crippen LogP contribution >= 0.6 is 0 Å². The molecule has 0 unspecified atom stereocenters. The predicted molar refractivity (Wildman–Crippen MR) is 52.9 cm³/mol. The van der Waals surface area contributed by atoms with Gasteiger partial charge in [-0.15, -0.1) is 0 Å². The van der Waals surface area contributed by atoms with Crippen LogP contribution in [0.2, 0.25) is 0 Å². The Morgan fingerprint density at radius 3 is 2.42 bits per heavy atom. The highest BCUT2D eigenvalue weighted by molar-refractivity contribution is 5.32. The summed E-state index contributed by atoms with van der Waals surface area (Å²) < 4.78 is 0. The van der Waals surface area contributed by atoms with Crippen molar-refractivity contribution >= 4 is 6.08 Å². The fourth-order valence-corrected chi connectivity index (χ4v) is 0.283. The summed E-state index contributed by atoms with van der Waals surface area (Å²) >= 11 is 0. The van der Waals surface area contributed by atoms with Gasteiger partial charge in [-0.25, -0.2) is 9.79 Å². The zero-order valence-electron chi connectivity index (χ0n) is 7.97. The number of unbranched alkanes of at least 4 members (excludes halogenated alkanes) is 1. The lowest BCUT2D eigenvalue weighted by Crippen LogP contribution is -1.74. The van der Waals surface area contributed by atoms with Crippen LogP contribution in [0.15, 0.2) is 29.8 Å². The minimum Gasteiger partial charge on any atom is -0.211 e. The van der Waals surface area contributed by atoms with Gasteiger partial charge in [0.05, 0.1) is 6.54 Å². The molecule has 0 amide bonds. The summed E-state index contributed by atoms with van der Waals surface area (Å²) in [5.74, 6) is 0. The first-order chi connectivity index (χ1) is 5.68. The first-order valence-corrected chi connectivity index (χ1v) is 4.00. The maximum Gasteiger partial charge on any atom is 0.234 e. The number of allylic oxidation sites excluding steroid dienone is 2. The first-order valence-electron chi connectivity index (χ1n) is 4.00. The lowest BCUT2D eigenvalue weighted by atomic mass is 10.3. The average Bonchev–Trinajstić information content (AvgIpc) is 2.07. The Kier molecular flexibility index (Phi) is 14.0. The average molecular weight is 167 g/mol. The molecule has 0 aromatic heterocycles. The molecule has 0 saturated carbocycles. The van der Waals surface area contributed by atoms with Gasteiger partial charge in [0.15, 0.2) is 0 Å². The Balaban J connectivity index is 0. The molecular weight excluding hydrogens is 150 g/mol. The fourth-order valence-electron chi connectivity index (χ4n) is 0.283. The summed E-state index contributed by atoms with van der Waals surface area (Å²) in [4.78, 5) is 12.7. The molecule has 0 aliphatic carbocycles. The Morgan fingerprint density at radius 2 is 2.17 bits per heavy atom.